The highest BCUT2D eigenvalue weighted by Gasteiger charge is 2.32. The molecule has 0 unspecified atom stereocenters. The van der Waals surface area contributed by atoms with Gasteiger partial charge >= 0.3 is 0 Å². The molecule has 39 heavy (non-hydrogen) atoms. The van der Waals surface area contributed by atoms with E-state index in [1.54, 1.807) is 0 Å². The van der Waals surface area contributed by atoms with Crippen molar-refractivity contribution in [2.24, 2.45) is 0 Å². The molecule has 0 spiro atoms. The van der Waals surface area contributed by atoms with E-state index in [-0.39, 0.29) is 0 Å². The first-order chi connectivity index (χ1) is 19.2. The highest BCUT2D eigenvalue weighted by Crippen LogP contribution is 2.45. The quantitative estimate of drug-likeness (QED) is 0.178. The minimum atomic E-state index is -3.21. The number of para-hydroxylation sites is 2. The SMILES string of the molecule is O=P(c1ccccc1)(c1ccccc1)c1cccc2c1nc1c3ccc4ccccc4c3c3ccccc3n21. The van der Waals surface area contributed by atoms with Crippen LogP contribution in [0.4, 0.5) is 0 Å². The Bertz CT molecular complexity index is 2210. The summed E-state index contributed by atoms with van der Waals surface area (Å²) in [5, 5.41) is 8.25. The van der Waals surface area contributed by atoms with Crippen molar-refractivity contribution in [3.63, 3.8) is 0 Å². The van der Waals surface area contributed by atoms with Gasteiger partial charge in [-0.05, 0) is 35.0 Å². The summed E-state index contributed by atoms with van der Waals surface area (Å²) in [4.78, 5) is 5.31. The number of hydrogen-bond donors (Lipinski definition) is 0. The molecule has 0 aliphatic rings. The largest absolute Gasteiger partial charge is 0.309 e. The molecule has 2 heterocycles. The molecule has 6 aromatic carbocycles. The Kier molecular flexibility index (Phi) is 4.79. The lowest BCUT2D eigenvalue weighted by Gasteiger charge is -2.20. The van der Waals surface area contributed by atoms with Crippen LogP contribution in [0.15, 0.2) is 140 Å². The molecule has 0 N–H and O–H groups in total. The molecule has 0 atom stereocenters. The summed E-state index contributed by atoms with van der Waals surface area (Å²) in [5.74, 6) is 0. The van der Waals surface area contributed by atoms with Gasteiger partial charge in [0.15, 0.2) is 7.14 Å². The second-order valence-corrected chi connectivity index (χ2v) is 12.7. The van der Waals surface area contributed by atoms with E-state index >= 15 is 4.57 Å². The average molecular weight is 519 g/mol. The van der Waals surface area contributed by atoms with Crippen molar-refractivity contribution < 1.29 is 4.57 Å². The fraction of sp³-hybridized carbons (Fsp3) is 0. The van der Waals surface area contributed by atoms with E-state index in [1.165, 1.54) is 21.5 Å². The lowest BCUT2D eigenvalue weighted by molar-refractivity contribution is 0.592. The topological polar surface area (TPSA) is 34.4 Å². The average Bonchev–Trinajstić information content (AvgIpc) is 3.41. The summed E-state index contributed by atoms with van der Waals surface area (Å²) in [6, 6.07) is 47.2. The third-order valence-corrected chi connectivity index (χ3v) is 10.9. The monoisotopic (exact) mass is 518 g/mol. The van der Waals surface area contributed by atoms with Gasteiger partial charge in [0.05, 0.1) is 11.0 Å². The lowest BCUT2D eigenvalue weighted by Crippen LogP contribution is -2.25. The summed E-state index contributed by atoms with van der Waals surface area (Å²) >= 11 is 0. The molecule has 0 amide bonds. The summed E-state index contributed by atoms with van der Waals surface area (Å²) in [7, 11) is -3.21. The predicted octanol–water partition coefficient (Wildman–Crippen LogP) is 7.59. The van der Waals surface area contributed by atoms with Crippen LogP contribution in [0, 0.1) is 0 Å². The van der Waals surface area contributed by atoms with Crippen molar-refractivity contribution in [1.29, 1.82) is 0 Å². The molecule has 4 heteroatoms. The Morgan fingerprint density at radius 3 is 1.87 bits per heavy atom. The van der Waals surface area contributed by atoms with Crippen LogP contribution >= 0.6 is 7.14 Å². The first kappa shape index (κ1) is 22.3. The van der Waals surface area contributed by atoms with Crippen molar-refractivity contribution in [2.45, 2.75) is 0 Å². The Balaban J connectivity index is 1.58. The first-order valence-corrected chi connectivity index (χ1v) is 14.8. The molecule has 0 bridgehead atoms. The van der Waals surface area contributed by atoms with Crippen LogP contribution in [0.5, 0.6) is 0 Å². The van der Waals surface area contributed by atoms with Crippen LogP contribution in [0.3, 0.4) is 0 Å². The molecular formula is C35H23N2OP. The van der Waals surface area contributed by atoms with Crippen LogP contribution in [-0.4, -0.2) is 9.38 Å². The fourth-order valence-electron chi connectivity index (χ4n) is 6.09. The van der Waals surface area contributed by atoms with Gasteiger partial charge in [0, 0.05) is 32.1 Å². The third-order valence-electron chi connectivity index (χ3n) is 7.83. The standard InChI is InChI=1S/C35H23N2OP/c38-39(25-13-3-1-4-14-25,26-15-5-2-6-16-26)32-21-11-20-31-34(32)36-35-29-23-22-24-12-7-8-17-27(24)33(29)28-18-9-10-19-30(28)37(31)35/h1-23H. The van der Waals surface area contributed by atoms with Gasteiger partial charge in [0.25, 0.3) is 0 Å². The van der Waals surface area contributed by atoms with Crippen molar-refractivity contribution >= 4 is 72.2 Å². The van der Waals surface area contributed by atoms with Gasteiger partial charge in [-0.25, -0.2) is 4.98 Å². The summed E-state index contributed by atoms with van der Waals surface area (Å²) in [6.07, 6.45) is 0. The second-order valence-electron chi connectivity index (χ2n) is 9.92. The normalized spacial score (nSPS) is 12.2. The number of hydrogen-bond acceptors (Lipinski definition) is 2. The van der Waals surface area contributed by atoms with E-state index in [2.05, 4.69) is 71.1 Å². The number of nitrogens with zero attached hydrogens (tertiary/aromatic N) is 2. The van der Waals surface area contributed by atoms with Crippen LogP contribution in [0.1, 0.15) is 0 Å². The van der Waals surface area contributed by atoms with Gasteiger partial charge < -0.3 is 4.57 Å². The van der Waals surface area contributed by atoms with Crippen molar-refractivity contribution in [2.75, 3.05) is 0 Å². The first-order valence-electron chi connectivity index (χ1n) is 13.1. The zero-order chi connectivity index (χ0) is 26.0. The summed E-state index contributed by atoms with van der Waals surface area (Å²) < 4.78 is 17.6. The van der Waals surface area contributed by atoms with Crippen LogP contribution in [0.25, 0.3) is 49.1 Å². The Hall–Kier alpha value is -4.72. The number of fused-ring (bicyclic) bond motifs is 10. The molecule has 0 saturated heterocycles. The highest BCUT2D eigenvalue weighted by atomic mass is 31.2. The maximum absolute atomic E-state index is 15.4. The molecule has 0 radical (unpaired) electrons. The number of pyridine rings is 1. The molecule has 2 aromatic heterocycles. The van der Waals surface area contributed by atoms with Crippen LogP contribution in [-0.2, 0) is 4.57 Å². The predicted molar refractivity (Wildman–Crippen MR) is 165 cm³/mol. The van der Waals surface area contributed by atoms with E-state index < -0.39 is 7.14 Å². The molecule has 0 aliphatic heterocycles. The molecule has 8 aromatic rings. The van der Waals surface area contributed by atoms with E-state index in [9.17, 15) is 0 Å². The lowest BCUT2D eigenvalue weighted by atomic mass is 9.99. The maximum Gasteiger partial charge on any atom is 0.173 e. The van der Waals surface area contributed by atoms with Gasteiger partial charge in [0.2, 0.25) is 0 Å². The minimum absolute atomic E-state index is 0.763. The third kappa shape index (κ3) is 3.11. The van der Waals surface area contributed by atoms with E-state index in [0.717, 1.165) is 43.5 Å². The van der Waals surface area contributed by atoms with Gasteiger partial charge in [-0.2, -0.15) is 0 Å². The number of imidazole rings is 1. The molecule has 184 valence electrons. The molecule has 0 fully saturated rings. The van der Waals surface area contributed by atoms with Crippen LogP contribution in [0.2, 0.25) is 0 Å². The summed E-state index contributed by atoms with van der Waals surface area (Å²) in [6.45, 7) is 0. The number of rotatable bonds is 3. The Morgan fingerprint density at radius 2 is 1.13 bits per heavy atom. The molecule has 0 aliphatic carbocycles. The Labute approximate surface area is 225 Å². The zero-order valence-electron chi connectivity index (χ0n) is 21.0. The molecule has 0 saturated carbocycles. The van der Waals surface area contributed by atoms with E-state index in [4.69, 9.17) is 4.98 Å². The van der Waals surface area contributed by atoms with Gasteiger partial charge in [0.1, 0.15) is 11.2 Å². The number of benzene rings is 6. The molecular weight excluding hydrogens is 495 g/mol. The smallest absolute Gasteiger partial charge is 0.173 e. The molecule has 8 rings (SSSR count). The summed E-state index contributed by atoms with van der Waals surface area (Å²) in [5.41, 5.74) is 3.70. The number of aromatic nitrogens is 2. The van der Waals surface area contributed by atoms with Crippen LogP contribution < -0.4 is 15.9 Å². The van der Waals surface area contributed by atoms with Crippen molar-refractivity contribution in [3.05, 3.63) is 140 Å². The van der Waals surface area contributed by atoms with Gasteiger partial charge in [-0.3, -0.25) is 4.40 Å². The van der Waals surface area contributed by atoms with E-state index in [0.29, 0.717) is 0 Å². The second kappa shape index (κ2) is 8.39. The fourth-order valence-corrected chi connectivity index (χ4v) is 8.89. The maximum atomic E-state index is 15.4. The van der Waals surface area contributed by atoms with Gasteiger partial charge in [-0.1, -0.05) is 115 Å². The minimum Gasteiger partial charge on any atom is -0.309 e. The molecule has 3 nitrogen and oxygen atoms in total. The van der Waals surface area contributed by atoms with Gasteiger partial charge in [-0.15, -0.1) is 0 Å². The van der Waals surface area contributed by atoms with Crippen molar-refractivity contribution in [1.82, 2.24) is 9.38 Å². The highest BCUT2D eigenvalue weighted by molar-refractivity contribution is 7.85. The zero-order valence-corrected chi connectivity index (χ0v) is 21.9. The Morgan fingerprint density at radius 1 is 0.513 bits per heavy atom. The van der Waals surface area contributed by atoms with E-state index in [1.807, 2.05) is 72.8 Å². The van der Waals surface area contributed by atoms with Crippen molar-refractivity contribution in [3.8, 4) is 0 Å².